The number of carbonyl (C=O) groups excluding carboxylic acids is 2. The standard InChI is InChI=1S/C26H29FN6O6/c1-6-28-23(34)31-18-10-14-9-15(16-11-30-22-21(13(16)2)33(25(36)37)7-8-38-22)19(27)20(17(14)12-29-18)32-24(35)39-26(3,4)5/h9-12H,6-8H2,1-5H3,(H,32,35)(H,36,37)(H2,28,29,31,34). The number of aromatic nitrogens is 2. The first-order valence-electron chi connectivity index (χ1n) is 12.2. The molecule has 0 saturated carbocycles. The molecule has 1 aliphatic heterocycles. The molecule has 3 heterocycles. The molecule has 3 aromatic rings. The van der Waals surface area contributed by atoms with E-state index in [1.54, 1.807) is 34.6 Å². The number of fused-ring (bicyclic) bond motifs is 2. The summed E-state index contributed by atoms with van der Waals surface area (Å²) in [7, 11) is 0. The lowest BCUT2D eigenvalue weighted by Gasteiger charge is -2.29. The molecule has 13 heteroatoms. The summed E-state index contributed by atoms with van der Waals surface area (Å²) in [4.78, 5) is 46.1. The van der Waals surface area contributed by atoms with E-state index in [9.17, 15) is 19.5 Å². The van der Waals surface area contributed by atoms with Crippen LogP contribution in [0.5, 0.6) is 5.88 Å². The van der Waals surface area contributed by atoms with Gasteiger partial charge < -0.3 is 19.9 Å². The third kappa shape index (κ3) is 5.76. The van der Waals surface area contributed by atoms with Gasteiger partial charge in [-0.3, -0.25) is 15.5 Å². The molecule has 0 aliphatic carbocycles. The lowest BCUT2D eigenvalue weighted by molar-refractivity contribution is 0.0635. The Morgan fingerprint density at radius 3 is 2.56 bits per heavy atom. The molecular weight excluding hydrogens is 511 g/mol. The maximum atomic E-state index is 16.2. The van der Waals surface area contributed by atoms with Crippen molar-refractivity contribution in [2.75, 3.05) is 35.2 Å². The van der Waals surface area contributed by atoms with Gasteiger partial charge in [-0.25, -0.2) is 28.7 Å². The van der Waals surface area contributed by atoms with Gasteiger partial charge in [-0.15, -0.1) is 0 Å². The number of amides is 4. The third-order valence-corrected chi connectivity index (χ3v) is 5.78. The molecule has 0 radical (unpaired) electrons. The highest BCUT2D eigenvalue weighted by molar-refractivity contribution is 6.05. The number of halogens is 1. The molecule has 1 aliphatic rings. The molecule has 0 spiro atoms. The summed E-state index contributed by atoms with van der Waals surface area (Å²) in [6, 6.07) is 2.57. The van der Waals surface area contributed by atoms with E-state index in [-0.39, 0.29) is 52.7 Å². The lowest BCUT2D eigenvalue weighted by atomic mass is 9.96. The van der Waals surface area contributed by atoms with Crippen LogP contribution in [0, 0.1) is 12.7 Å². The first kappa shape index (κ1) is 27.4. The van der Waals surface area contributed by atoms with E-state index < -0.39 is 29.6 Å². The van der Waals surface area contributed by atoms with E-state index in [1.807, 2.05) is 0 Å². The van der Waals surface area contributed by atoms with Crippen LogP contribution < -0.4 is 25.6 Å². The number of rotatable bonds is 4. The molecule has 4 amide bonds. The predicted molar refractivity (Wildman–Crippen MR) is 143 cm³/mol. The van der Waals surface area contributed by atoms with Crippen LogP contribution in [0.4, 0.5) is 36.0 Å². The highest BCUT2D eigenvalue weighted by atomic mass is 19.1. The number of ether oxygens (including phenoxy) is 2. The number of urea groups is 1. The number of anilines is 3. The van der Waals surface area contributed by atoms with E-state index >= 15 is 4.39 Å². The highest BCUT2D eigenvalue weighted by Crippen LogP contribution is 2.42. The van der Waals surface area contributed by atoms with Gasteiger partial charge in [0.2, 0.25) is 5.88 Å². The summed E-state index contributed by atoms with van der Waals surface area (Å²) in [5, 5.41) is 18.1. The number of pyridine rings is 2. The molecule has 206 valence electrons. The van der Waals surface area contributed by atoms with Crippen molar-refractivity contribution in [2.45, 2.75) is 40.2 Å². The summed E-state index contributed by atoms with van der Waals surface area (Å²) < 4.78 is 27.1. The number of hydrogen-bond acceptors (Lipinski definition) is 7. The van der Waals surface area contributed by atoms with Gasteiger partial charge in [0, 0.05) is 35.5 Å². The Morgan fingerprint density at radius 1 is 1.15 bits per heavy atom. The number of nitrogens with one attached hydrogen (secondary N) is 3. The largest absolute Gasteiger partial charge is 0.474 e. The molecule has 12 nitrogen and oxygen atoms in total. The Bertz CT molecular complexity index is 1470. The molecule has 4 rings (SSSR count). The van der Waals surface area contributed by atoms with Crippen LogP contribution in [0.3, 0.4) is 0 Å². The quantitative estimate of drug-likeness (QED) is 0.356. The van der Waals surface area contributed by atoms with Gasteiger partial charge in [-0.1, -0.05) is 0 Å². The van der Waals surface area contributed by atoms with E-state index in [0.29, 0.717) is 17.5 Å². The topological polar surface area (TPSA) is 155 Å². The number of carbonyl (C=O) groups is 3. The van der Waals surface area contributed by atoms with Crippen LogP contribution in [0.15, 0.2) is 24.5 Å². The number of nitrogens with zero attached hydrogens (tertiary/aromatic N) is 3. The minimum atomic E-state index is -1.19. The van der Waals surface area contributed by atoms with E-state index in [4.69, 9.17) is 9.47 Å². The van der Waals surface area contributed by atoms with Crippen molar-refractivity contribution in [3.05, 3.63) is 35.9 Å². The van der Waals surface area contributed by atoms with Gasteiger partial charge in [-0.2, -0.15) is 0 Å². The minimum absolute atomic E-state index is 0.0347. The van der Waals surface area contributed by atoms with Gasteiger partial charge in [0.15, 0.2) is 5.82 Å². The lowest BCUT2D eigenvalue weighted by Crippen LogP contribution is -2.37. The van der Waals surface area contributed by atoms with Crippen LogP contribution in [-0.4, -0.2) is 58.6 Å². The fourth-order valence-corrected chi connectivity index (χ4v) is 4.19. The summed E-state index contributed by atoms with van der Waals surface area (Å²) >= 11 is 0. The van der Waals surface area contributed by atoms with Crippen LogP contribution in [0.25, 0.3) is 21.9 Å². The Kier molecular flexibility index (Phi) is 7.43. The highest BCUT2D eigenvalue weighted by Gasteiger charge is 2.29. The average Bonchev–Trinajstić information content (AvgIpc) is 2.84. The maximum absolute atomic E-state index is 16.2. The molecule has 0 bridgehead atoms. The molecule has 2 aromatic heterocycles. The summed E-state index contributed by atoms with van der Waals surface area (Å²) in [5.41, 5.74) is -0.0918. The molecule has 0 atom stereocenters. The zero-order valence-corrected chi connectivity index (χ0v) is 22.1. The number of benzene rings is 1. The Balaban J connectivity index is 1.91. The van der Waals surface area contributed by atoms with Crippen molar-refractivity contribution < 1.29 is 33.4 Å². The van der Waals surface area contributed by atoms with Gasteiger partial charge >= 0.3 is 18.2 Å². The Hall–Kier alpha value is -4.68. The molecule has 0 fully saturated rings. The second kappa shape index (κ2) is 10.6. The predicted octanol–water partition coefficient (Wildman–Crippen LogP) is 5.11. The average molecular weight is 541 g/mol. The molecule has 39 heavy (non-hydrogen) atoms. The van der Waals surface area contributed by atoms with Gasteiger partial charge in [0.05, 0.1) is 12.2 Å². The van der Waals surface area contributed by atoms with Gasteiger partial charge in [0.25, 0.3) is 0 Å². The normalized spacial score (nSPS) is 12.8. The SMILES string of the molecule is CCNC(=O)Nc1cc2cc(-c3cnc4c(c3C)N(C(=O)O)CCO4)c(F)c(NC(=O)OC(C)(C)C)c2cn1. The molecule has 0 saturated heterocycles. The monoisotopic (exact) mass is 540 g/mol. The fraction of sp³-hybridized carbons (Fsp3) is 0.346. The first-order chi connectivity index (χ1) is 18.4. The smallest absolute Gasteiger partial charge is 0.412 e. The molecule has 0 unspecified atom stereocenters. The van der Waals surface area contributed by atoms with Crippen molar-refractivity contribution in [1.29, 1.82) is 0 Å². The third-order valence-electron chi connectivity index (χ3n) is 5.78. The van der Waals surface area contributed by atoms with Crippen LogP contribution in [0.1, 0.15) is 33.3 Å². The van der Waals surface area contributed by atoms with Crippen molar-refractivity contribution in [3.8, 4) is 17.0 Å². The second-order valence-corrected chi connectivity index (χ2v) is 9.75. The van der Waals surface area contributed by atoms with Crippen LogP contribution in [-0.2, 0) is 4.74 Å². The zero-order chi connectivity index (χ0) is 28.5. The molecule has 1 aromatic carbocycles. The van der Waals surface area contributed by atoms with Crippen molar-refractivity contribution in [2.24, 2.45) is 0 Å². The second-order valence-electron chi connectivity index (χ2n) is 9.75. The summed E-state index contributed by atoms with van der Waals surface area (Å²) in [6.45, 7) is 9.06. The van der Waals surface area contributed by atoms with Crippen molar-refractivity contribution >= 4 is 46.2 Å². The van der Waals surface area contributed by atoms with Crippen molar-refractivity contribution in [3.63, 3.8) is 0 Å². The van der Waals surface area contributed by atoms with E-state index in [1.165, 1.54) is 24.5 Å². The molecule has 4 N–H and O–H groups in total. The van der Waals surface area contributed by atoms with Crippen molar-refractivity contribution in [1.82, 2.24) is 15.3 Å². The molecular formula is C26H29FN6O6. The van der Waals surface area contributed by atoms with Crippen LogP contribution >= 0.6 is 0 Å². The van der Waals surface area contributed by atoms with E-state index in [0.717, 1.165) is 4.90 Å². The minimum Gasteiger partial charge on any atom is -0.474 e. The van der Waals surface area contributed by atoms with Crippen LogP contribution in [0.2, 0.25) is 0 Å². The summed E-state index contributed by atoms with van der Waals surface area (Å²) in [6.07, 6.45) is 0.639. The first-order valence-corrected chi connectivity index (χ1v) is 12.2. The van der Waals surface area contributed by atoms with Gasteiger partial charge in [0.1, 0.15) is 23.7 Å². The summed E-state index contributed by atoms with van der Waals surface area (Å²) in [5.74, 6) is -0.487. The number of hydrogen-bond donors (Lipinski definition) is 4. The maximum Gasteiger partial charge on any atom is 0.412 e. The Morgan fingerprint density at radius 2 is 1.90 bits per heavy atom. The number of carboxylic acid groups (broad SMARTS) is 1. The Labute approximate surface area is 223 Å². The van der Waals surface area contributed by atoms with E-state index in [2.05, 4.69) is 25.9 Å². The fourth-order valence-electron chi connectivity index (χ4n) is 4.19. The van der Waals surface area contributed by atoms with Gasteiger partial charge in [-0.05, 0) is 57.7 Å². The zero-order valence-electron chi connectivity index (χ0n) is 22.1.